The SMILES string of the molecule is Cn1ccc2cc(-c3ccc(-c4cc(Oc5ccc6cccnc6c5)ncn4)cc3)ccc21. The second-order valence-electron chi connectivity index (χ2n) is 7.98. The van der Waals surface area contributed by atoms with E-state index >= 15 is 0 Å². The minimum Gasteiger partial charge on any atom is -0.439 e. The molecule has 0 saturated heterocycles. The topological polar surface area (TPSA) is 52.8 Å². The van der Waals surface area contributed by atoms with E-state index in [1.54, 1.807) is 6.20 Å². The maximum atomic E-state index is 5.99. The lowest BCUT2D eigenvalue weighted by Gasteiger charge is -2.08. The lowest BCUT2D eigenvalue weighted by atomic mass is 10.0. The van der Waals surface area contributed by atoms with Crippen LogP contribution in [0.4, 0.5) is 0 Å². The van der Waals surface area contributed by atoms with Gasteiger partial charge in [0.25, 0.3) is 0 Å². The van der Waals surface area contributed by atoms with Crippen molar-refractivity contribution >= 4 is 21.8 Å². The van der Waals surface area contributed by atoms with Crippen LogP contribution in [0.3, 0.4) is 0 Å². The van der Waals surface area contributed by atoms with Crippen molar-refractivity contribution < 1.29 is 4.74 Å². The van der Waals surface area contributed by atoms with Gasteiger partial charge in [0, 0.05) is 53.4 Å². The van der Waals surface area contributed by atoms with Crippen LogP contribution >= 0.6 is 0 Å². The second-order valence-corrected chi connectivity index (χ2v) is 7.98. The molecule has 5 heteroatoms. The number of hydrogen-bond acceptors (Lipinski definition) is 4. The van der Waals surface area contributed by atoms with E-state index in [0.29, 0.717) is 11.6 Å². The average molecular weight is 428 g/mol. The first-order chi connectivity index (χ1) is 16.2. The molecule has 0 unspecified atom stereocenters. The maximum absolute atomic E-state index is 5.99. The molecule has 5 nitrogen and oxygen atoms in total. The third kappa shape index (κ3) is 3.70. The number of nitrogens with zero attached hydrogens (tertiary/aromatic N) is 4. The van der Waals surface area contributed by atoms with Gasteiger partial charge in [-0.15, -0.1) is 0 Å². The van der Waals surface area contributed by atoms with Crippen molar-refractivity contribution in [2.24, 2.45) is 7.05 Å². The van der Waals surface area contributed by atoms with E-state index in [1.807, 2.05) is 36.4 Å². The molecule has 3 heterocycles. The fourth-order valence-electron chi connectivity index (χ4n) is 4.08. The van der Waals surface area contributed by atoms with Crippen molar-refractivity contribution in [1.29, 1.82) is 0 Å². The van der Waals surface area contributed by atoms with Crippen LogP contribution in [-0.4, -0.2) is 19.5 Å². The molecule has 0 amide bonds. The zero-order chi connectivity index (χ0) is 22.2. The van der Waals surface area contributed by atoms with Gasteiger partial charge in [0.1, 0.15) is 12.1 Å². The normalized spacial score (nSPS) is 11.2. The molecule has 0 N–H and O–H groups in total. The van der Waals surface area contributed by atoms with Crippen LogP contribution in [0.25, 0.3) is 44.2 Å². The Morgan fingerprint density at radius 1 is 0.697 bits per heavy atom. The predicted molar refractivity (Wildman–Crippen MR) is 131 cm³/mol. The molecule has 0 aliphatic carbocycles. The zero-order valence-corrected chi connectivity index (χ0v) is 18.0. The molecule has 0 atom stereocenters. The van der Waals surface area contributed by atoms with Crippen LogP contribution < -0.4 is 4.74 Å². The first-order valence-corrected chi connectivity index (χ1v) is 10.7. The van der Waals surface area contributed by atoms with E-state index in [2.05, 4.69) is 81.3 Å². The predicted octanol–water partition coefficient (Wildman–Crippen LogP) is 6.64. The molecule has 6 rings (SSSR count). The number of rotatable bonds is 4. The van der Waals surface area contributed by atoms with Crippen molar-refractivity contribution in [1.82, 2.24) is 19.5 Å². The van der Waals surface area contributed by atoms with Crippen LogP contribution in [0.2, 0.25) is 0 Å². The number of hydrogen-bond donors (Lipinski definition) is 0. The third-order valence-corrected chi connectivity index (χ3v) is 5.84. The molecular weight excluding hydrogens is 408 g/mol. The number of benzene rings is 3. The summed E-state index contributed by atoms with van der Waals surface area (Å²) in [5.41, 5.74) is 6.28. The molecule has 0 aliphatic heterocycles. The number of pyridine rings is 1. The summed E-state index contributed by atoms with van der Waals surface area (Å²) in [5.74, 6) is 1.19. The van der Waals surface area contributed by atoms with E-state index < -0.39 is 0 Å². The monoisotopic (exact) mass is 428 g/mol. The first kappa shape index (κ1) is 19.2. The highest BCUT2D eigenvalue weighted by atomic mass is 16.5. The van der Waals surface area contributed by atoms with Crippen molar-refractivity contribution in [2.45, 2.75) is 0 Å². The molecule has 3 aromatic carbocycles. The maximum Gasteiger partial charge on any atom is 0.222 e. The summed E-state index contributed by atoms with van der Waals surface area (Å²) in [7, 11) is 2.06. The Hall–Kier alpha value is -4.51. The molecule has 6 aromatic rings. The summed E-state index contributed by atoms with van der Waals surface area (Å²) >= 11 is 0. The highest BCUT2D eigenvalue weighted by Crippen LogP contribution is 2.29. The van der Waals surface area contributed by atoms with Crippen molar-refractivity contribution in [2.75, 3.05) is 0 Å². The lowest BCUT2D eigenvalue weighted by molar-refractivity contribution is 0.462. The largest absolute Gasteiger partial charge is 0.439 e. The zero-order valence-electron chi connectivity index (χ0n) is 18.0. The Balaban J connectivity index is 1.26. The molecule has 0 radical (unpaired) electrons. The molecule has 0 saturated carbocycles. The van der Waals surface area contributed by atoms with Gasteiger partial charge in [-0.3, -0.25) is 4.98 Å². The number of aromatic nitrogens is 4. The van der Waals surface area contributed by atoms with E-state index in [1.165, 1.54) is 28.4 Å². The smallest absolute Gasteiger partial charge is 0.222 e. The van der Waals surface area contributed by atoms with Crippen LogP contribution in [0.15, 0.2) is 104 Å². The molecule has 0 fully saturated rings. The summed E-state index contributed by atoms with van der Waals surface area (Å²) in [5, 5.41) is 2.31. The summed E-state index contributed by atoms with van der Waals surface area (Å²) in [6, 6.07) is 28.7. The molecule has 0 spiro atoms. The minimum absolute atomic E-state index is 0.494. The third-order valence-electron chi connectivity index (χ3n) is 5.84. The standard InChI is InChI=1S/C28H20N4O/c1-32-14-12-23-15-22(9-11-27(23)32)19-4-6-21(7-5-19)26-17-28(31-18-30-26)33-24-10-8-20-3-2-13-29-25(20)16-24/h2-18H,1H3. The van der Waals surface area contributed by atoms with Gasteiger partial charge >= 0.3 is 0 Å². The van der Waals surface area contributed by atoms with Crippen molar-refractivity contribution in [3.8, 4) is 34.0 Å². The Morgan fingerprint density at radius 3 is 2.45 bits per heavy atom. The molecule has 0 bridgehead atoms. The number of ether oxygens (including phenoxy) is 1. The van der Waals surface area contributed by atoms with Gasteiger partial charge < -0.3 is 9.30 Å². The van der Waals surface area contributed by atoms with Gasteiger partial charge in [-0.1, -0.05) is 36.4 Å². The van der Waals surface area contributed by atoms with Crippen LogP contribution in [-0.2, 0) is 7.05 Å². The minimum atomic E-state index is 0.494. The van der Waals surface area contributed by atoms with Gasteiger partial charge in [-0.25, -0.2) is 9.97 Å². The van der Waals surface area contributed by atoms with Gasteiger partial charge in [0.15, 0.2) is 0 Å². The molecule has 3 aromatic heterocycles. The average Bonchev–Trinajstić information content (AvgIpc) is 3.24. The van der Waals surface area contributed by atoms with Gasteiger partial charge in [-0.2, -0.15) is 0 Å². The van der Waals surface area contributed by atoms with Crippen LogP contribution in [0.1, 0.15) is 0 Å². The fraction of sp³-hybridized carbons (Fsp3) is 0.0357. The number of fused-ring (bicyclic) bond motifs is 2. The Morgan fingerprint density at radius 2 is 1.55 bits per heavy atom. The quantitative estimate of drug-likeness (QED) is 0.316. The Labute approximate surface area is 191 Å². The number of aryl methyl sites for hydroxylation is 1. The highest BCUT2D eigenvalue weighted by Gasteiger charge is 2.07. The van der Waals surface area contributed by atoms with Gasteiger partial charge in [0.05, 0.1) is 11.2 Å². The fourth-order valence-corrected chi connectivity index (χ4v) is 4.08. The van der Waals surface area contributed by atoms with Crippen LogP contribution in [0.5, 0.6) is 11.6 Å². The lowest BCUT2D eigenvalue weighted by Crippen LogP contribution is -1.92. The van der Waals surface area contributed by atoms with E-state index in [0.717, 1.165) is 22.2 Å². The molecule has 33 heavy (non-hydrogen) atoms. The molecular formula is C28H20N4O. The van der Waals surface area contributed by atoms with E-state index in [9.17, 15) is 0 Å². The van der Waals surface area contributed by atoms with Gasteiger partial charge in [-0.05, 0) is 47.5 Å². The molecule has 158 valence electrons. The Kier molecular flexibility index (Phi) is 4.58. The summed E-state index contributed by atoms with van der Waals surface area (Å²) in [4.78, 5) is 13.1. The molecule has 0 aliphatic rings. The van der Waals surface area contributed by atoms with Crippen molar-refractivity contribution in [3.63, 3.8) is 0 Å². The second kappa shape index (κ2) is 7.88. The Bertz CT molecular complexity index is 1600. The summed E-state index contributed by atoms with van der Waals surface area (Å²) in [6.07, 6.45) is 5.39. The van der Waals surface area contributed by atoms with Crippen molar-refractivity contribution in [3.05, 3.63) is 104 Å². The first-order valence-electron chi connectivity index (χ1n) is 10.7. The summed E-state index contributed by atoms with van der Waals surface area (Å²) < 4.78 is 8.12. The highest BCUT2D eigenvalue weighted by molar-refractivity contribution is 5.86. The van der Waals surface area contributed by atoms with Crippen LogP contribution in [0, 0.1) is 0 Å². The van der Waals surface area contributed by atoms with E-state index in [-0.39, 0.29) is 0 Å². The van der Waals surface area contributed by atoms with Gasteiger partial charge in [0.2, 0.25) is 5.88 Å². The van der Waals surface area contributed by atoms with E-state index in [4.69, 9.17) is 4.74 Å². The summed E-state index contributed by atoms with van der Waals surface area (Å²) in [6.45, 7) is 0.